The Labute approximate surface area is 127 Å². The third-order valence-corrected chi connectivity index (χ3v) is 4.85. The summed E-state index contributed by atoms with van der Waals surface area (Å²) in [6.45, 7) is 9.95. The van der Waals surface area contributed by atoms with E-state index in [1.807, 2.05) is 0 Å². The van der Waals surface area contributed by atoms with Gasteiger partial charge >= 0.3 is 0 Å². The molecule has 120 valence electrons. The summed E-state index contributed by atoms with van der Waals surface area (Å²) in [6.07, 6.45) is 12.0. The van der Waals surface area contributed by atoms with Crippen molar-refractivity contribution >= 4 is 0 Å². The van der Waals surface area contributed by atoms with Gasteiger partial charge in [0.05, 0.1) is 0 Å². The number of ether oxygens (including phenoxy) is 1. The second-order valence-corrected chi connectivity index (χ2v) is 6.53. The Morgan fingerprint density at radius 1 is 1.15 bits per heavy atom. The van der Waals surface area contributed by atoms with Crippen molar-refractivity contribution in [1.82, 2.24) is 5.32 Å². The van der Waals surface area contributed by atoms with Gasteiger partial charge in [-0.3, -0.25) is 0 Å². The number of hydrogen-bond acceptors (Lipinski definition) is 2. The quantitative estimate of drug-likeness (QED) is 0.521. The van der Waals surface area contributed by atoms with E-state index in [0.29, 0.717) is 0 Å². The smallest absolute Gasteiger partial charge is 0.0494 e. The Kier molecular flexibility index (Phi) is 10.4. The molecular weight excluding hydrogens is 246 g/mol. The Morgan fingerprint density at radius 2 is 2.00 bits per heavy atom. The minimum atomic E-state index is 0.764. The zero-order valence-corrected chi connectivity index (χ0v) is 14.1. The van der Waals surface area contributed by atoms with Crippen LogP contribution in [-0.2, 0) is 4.74 Å². The fourth-order valence-corrected chi connectivity index (χ4v) is 3.36. The summed E-state index contributed by atoms with van der Waals surface area (Å²) in [6, 6.07) is 0.764. The fourth-order valence-electron chi connectivity index (χ4n) is 3.36. The second-order valence-electron chi connectivity index (χ2n) is 6.53. The van der Waals surface area contributed by atoms with Crippen LogP contribution < -0.4 is 5.32 Å². The Morgan fingerprint density at radius 3 is 2.70 bits per heavy atom. The van der Waals surface area contributed by atoms with Crippen LogP contribution in [0.15, 0.2) is 0 Å². The predicted molar refractivity (Wildman–Crippen MR) is 88.2 cm³/mol. The summed E-state index contributed by atoms with van der Waals surface area (Å²) in [4.78, 5) is 0. The van der Waals surface area contributed by atoms with Crippen molar-refractivity contribution < 1.29 is 4.74 Å². The Hall–Kier alpha value is -0.0800. The standard InChI is InChI=1S/C18H37NO/c1-4-7-9-16(6-3)15-20-14-12-17-10-8-11-18(17)19-13-5-2/h16-19H,4-15H2,1-3H3. The van der Waals surface area contributed by atoms with Crippen LogP contribution in [0, 0.1) is 11.8 Å². The highest BCUT2D eigenvalue weighted by Gasteiger charge is 2.26. The summed E-state index contributed by atoms with van der Waals surface area (Å²) >= 11 is 0. The van der Waals surface area contributed by atoms with Gasteiger partial charge in [-0.05, 0) is 50.5 Å². The van der Waals surface area contributed by atoms with Crippen LogP contribution in [0.2, 0.25) is 0 Å². The summed E-state index contributed by atoms with van der Waals surface area (Å²) in [5, 5.41) is 3.71. The molecule has 1 aliphatic carbocycles. The molecule has 0 spiro atoms. The van der Waals surface area contributed by atoms with E-state index >= 15 is 0 Å². The summed E-state index contributed by atoms with van der Waals surface area (Å²) in [5.74, 6) is 1.64. The second kappa shape index (κ2) is 11.6. The molecule has 3 unspecified atom stereocenters. The summed E-state index contributed by atoms with van der Waals surface area (Å²) in [5.41, 5.74) is 0. The topological polar surface area (TPSA) is 21.3 Å². The van der Waals surface area contributed by atoms with Gasteiger partial charge in [0.25, 0.3) is 0 Å². The van der Waals surface area contributed by atoms with Gasteiger partial charge in [-0.1, -0.05) is 46.5 Å². The molecule has 1 saturated carbocycles. The molecule has 0 radical (unpaired) electrons. The predicted octanol–water partition coefficient (Wildman–Crippen LogP) is 4.78. The van der Waals surface area contributed by atoms with Crippen molar-refractivity contribution in [2.24, 2.45) is 11.8 Å². The molecule has 2 nitrogen and oxygen atoms in total. The molecule has 0 saturated heterocycles. The van der Waals surface area contributed by atoms with E-state index in [-0.39, 0.29) is 0 Å². The summed E-state index contributed by atoms with van der Waals surface area (Å²) in [7, 11) is 0. The SMILES string of the molecule is CCCCC(CC)COCCC1CCCC1NCCC. The molecule has 0 heterocycles. The van der Waals surface area contributed by atoms with Crippen molar-refractivity contribution in [2.45, 2.75) is 84.6 Å². The molecule has 0 aromatic rings. The Balaban J connectivity index is 2.09. The van der Waals surface area contributed by atoms with Crippen molar-refractivity contribution in [3.63, 3.8) is 0 Å². The first-order chi connectivity index (χ1) is 9.81. The molecule has 1 N–H and O–H groups in total. The van der Waals surface area contributed by atoms with Crippen LogP contribution >= 0.6 is 0 Å². The number of rotatable bonds is 12. The molecule has 1 aliphatic rings. The van der Waals surface area contributed by atoms with Gasteiger partial charge in [-0.15, -0.1) is 0 Å². The first-order valence-electron chi connectivity index (χ1n) is 9.12. The zero-order chi connectivity index (χ0) is 14.6. The highest BCUT2D eigenvalue weighted by Crippen LogP contribution is 2.28. The van der Waals surface area contributed by atoms with Gasteiger partial charge in [-0.2, -0.15) is 0 Å². The summed E-state index contributed by atoms with van der Waals surface area (Å²) < 4.78 is 5.97. The van der Waals surface area contributed by atoms with Crippen molar-refractivity contribution in [3.8, 4) is 0 Å². The van der Waals surface area contributed by atoms with Crippen LogP contribution in [0.3, 0.4) is 0 Å². The minimum Gasteiger partial charge on any atom is -0.381 e. The third kappa shape index (κ3) is 7.08. The molecular formula is C18H37NO. The van der Waals surface area contributed by atoms with E-state index < -0.39 is 0 Å². The third-order valence-electron chi connectivity index (χ3n) is 4.85. The average Bonchev–Trinajstić information content (AvgIpc) is 2.91. The van der Waals surface area contributed by atoms with Gasteiger partial charge in [0.15, 0.2) is 0 Å². The van der Waals surface area contributed by atoms with Gasteiger partial charge in [-0.25, -0.2) is 0 Å². The lowest BCUT2D eigenvalue weighted by Crippen LogP contribution is -2.33. The maximum Gasteiger partial charge on any atom is 0.0494 e. The van der Waals surface area contributed by atoms with E-state index in [4.69, 9.17) is 4.74 Å². The van der Waals surface area contributed by atoms with Crippen molar-refractivity contribution in [3.05, 3.63) is 0 Å². The lowest BCUT2D eigenvalue weighted by atomic mass is 9.99. The van der Waals surface area contributed by atoms with Crippen LogP contribution in [0.5, 0.6) is 0 Å². The molecule has 1 fully saturated rings. The Bertz CT molecular complexity index is 219. The molecule has 1 rings (SSSR count). The molecule has 0 aromatic carbocycles. The first-order valence-corrected chi connectivity index (χ1v) is 9.12. The number of nitrogens with one attached hydrogen (secondary N) is 1. The van der Waals surface area contributed by atoms with Crippen molar-refractivity contribution in [2.75, 3.05) is 19.8 Å². The lowest BCUT2D eigenvalue weighted by Gasteiger charge is -2.21. The van der Waals surface area contributed by atoms with E-state index in [0.717, 1.165) is 31.1 Å². The molecule has 20 heavy (non-hydrogen) atoms. The van der Waals surface area contributed by atoms with Crippen LogP contribution in [0.25, 0.3) is 0 Å². The van der Waals surface area contributed by atoms with E-state index in [1.165, 1.54) is 64.3 Å². The van der Waals surface area contributed by atoms with Gasteiger partial charge in [0.2, 0.25) is 0 Å². The maximum atomic E-state index is 5.97. The largest absolute Gasteiger partial charge is 0.381 e. The van der Waals surface area contributed by atoms with E-state index in [1.54, 1.807) is 0 Å². The minimum absolute atomic E-state index is 0.764. The molecule has 0 aliphatic heterocycles. The average molecular weight is 284 g/mol. The highest BCUT2D eigenvalue weighted by atomic mass is 16.5. The van der Waals surface area contributed by atoms with Gasteiger partial charge in [0, 0.05) is 19.3 Å². The normalized spacial score (nSPS) is 24.1. The van der Waals surface area contributed by atoms with Gasteiger partial charge < -0.3 is 10.1 Å². The van der Waals surface area contributed by atoms with Crippen LogP contribution in [-0.4, -0.2) is 25.8 Å². The molecule has 3 atom stereocenters. The monoisotopic (exact) mass is 283 g/mol. The molecule has 2 heteroatoms. The van der Waals surface area contributed by atoms with Crippen molar-refractivity contribution in [1.29, 1.82) is 0 Å². The highest BCUT2D eigenvalue weighted by molar-refractivity contribution is 4.82. The number of unbranched alkanes of at least 4 members (excludes halogenated alkanes) is 1. The number of hydrogen-bond donors (Lipinski definition) is 1. The van der Waals surface area contributed by atoms with Crippen LogP contribution in [0.4, 0.5) is 0 Å². The zero-order valence-electron chi connectivity index (χ0n) is 14.1. The molecule has 0 aromatic heterocycles. The first kappa shape index (κ1) is 18.0. The van der Waals surface area contributed by atoms with E-state index in [9.17, 15) is 0 Å². The fraction of sp³-hybridized carbons (Fsp3) is 1.00. The lowest BCUT2D eigenvalue weighted by molar-refractivity contribution is 0.0815. The van der Waals surface area contributed by atoms with E-state index in [2.05, 4.69) is 26.1 Å². The van der Waals surface area contributed by atoms with Crippen LogP contribution in [0.1, 0.15) is 78.6 Å². The molecule has 0 amide bonds. The van der Waals surface area contributed by atoms with Gasteiger partial charge in [0.1, 0.15) is 0 Å². The molecule has 0 bridgehead atoms. The maximum absolute atomic E-state index is 5.97.